The van der Waals surface area contributed by atoms with Crippen LogP contribution in [0, 0.1) is 6.92 Å². The van der Waals surface area contributed by atoms with E-state index in [1.54, 1.807) is 50.4 Å². The molecule has 0 aliphatic rings. The zero-order valence-corrected chi connectivity index (χ0v) is 18.3. The van der Waals surface area contributed by atoms with Crippen molar-refractivity contribution in [3.63, 3.8) is 0 Å². The van der Waals surface area contributed by atoms with Gasteiger partial charge >= 0.3 is 0 Å². The molecule has 0 atom stereocenters. The summed E-state index contributed by atoms with van der Waals surface area (Å²) >= 11 is 0. The van der Waals surface area contributed by atoms with Gasteiger partial charge in [-0.25, -0.2) is 4.98 Å². The number of carbonyl (C=O) groups is 2. The first-order valence-electron chi connectivity index (χ1n) is 10.4. The van der Waals surface area contributed by atoms with E-state index < -0.39 is 0 Å². The van der Waals surface area contributed by atoms with Gasteiger partial charge in [0.05, 0.1) is 24.9 Å². The number of amides is 2. The van der Waals surface area contributed by atoms with E-state index in [2.05, 4.69) is 15.6 Å². The summed E-state index contributed by atoms with van der Waals surface area (Å²) in [5, 5.41) is 5.65. The predicted octanol–water partition coefficient (Wildman–Crippen LogP) is 5.09. The van der Waals surface area contributed by atoms with Crippen LogP contribution in [0.4, 0.5) is 11.4 Å². The number of aromatic nitrogens is 1. The number of para-hydroxylation sites is 2. The maximum atomic E-state index is 12.5. The molecule has 2 N–H and O–H groups in total. The summed E-state index contributed by atoms with van der Waals surface area (Å²) in [6, 6.07) is 23.4. The molecule has 1 heterocycles. The van der Waals surface area contributed by atoms with Crippen molar-refractivity contribution in [3.8, 4) is 17.2 Å². The van der Waals surface area contributed by atoms with E-state index in [9.17, 15) is 9.59 Å². The molecule has 3 aromatic carbocycles. The lowest BCUT2D eigenvalue weighted by Gasteiger charge is -2.10. The van der Waals surface area contributed by atoms with E-state index in [4.69, 9.17) is 9.15 Å². The Morgan fingerprint density at radius 2 is 1.61 bits per heavy atom. The SMILES string of the molecule is COc1ccccc1NC(=O)c1ccc(NC(=O)Cc2nc(-c3ccccc3)oc2C)cc1. The third-order valence-electron chi connectivity index (χ3n) is 5.03. The number of hydrogen-bond donors (Lipinski definition) is 2. The summed E-state index contributed by atoms with van der Waals surface area (Å²) in [6.45, 7) is 1.79. The van der Waals surface area contributed by atoms with Crippen LogP contribution < -0.4 is 15.4 Å². The number of methoxy groups -OCH3 is 1. The van der Waals surface area contributed by atoms with Crippen LogP contribution in [0.15, 0.2) is 83.3 Å². The van der Waals surface area contributed by atoms with Gasteiger partial charge in [0.25, 0.3) is 5.91 Å². The van der Waals surface area contributed by atoms with E-state index in [1.165, 1.54) is 0 Å². The van der Waals surface area contributed by atoms with E-state index >= 15 is 0 Å². The molecule has 166 valence electrons. The molecule has 0 unspecified atom stereocenters. The molecule has 0 radical (unpaired) electrons. The summed E-state index contributed by atoms with van der Waals surface area (Å²) in [5.74, 6) is 1.17. The monoisotopic (exact) mass is 441 g/mol. The summed E-state index contributed by atoms with van der Waals surface area (Å²) in [5.41, 5.74) is 3.06. The summed E-state index contributed by atoms with van der Waals surface area (Å²) in [6.07, 6.45) is 0.0816. The molecular weight excluding hydrogens is 418 g/mol. The second-order valence-electron chi connectivity index (χ2n) is 7.34. The Morgan fingerprint density at radius 3 is 2.33 bits per heavy atom. The molecule has 0 bridgehead atoms. The Hall–Kier alpha value is -4.39. The number of benzene rings is 3. The van der Waals surface area contributed by atoms with E-state index in [0.29, 0.717) is 40.0 Å². The normalized spacial score (nSPS) is 10.5. The Kier molecular flexibility index (Phi) is 6.50. The average molecular weight is 441 g/mol. The number of nitrogens with one attached hydrogen (secondary N) is 2. The van der Waals surface area contributed by atoms with Gasteiger partial charge in [0, 0.05) is 16.8 Å². The van der Waals surface area contributed by atoms with Crippen LogP contribution in [0.2, 0.25) is 0 Å². The van der Waals surface area contributed by atoms with E-state index in [-0.39, 0.29) is 18.2 Å². The molecule has 0 fully saturated rings. The highest BCUT2D eigenvalue weighted by Gasteiger charge is 2.15. The Balaban J connectivity index is 1.37. The number of carbonyl (C=O) groups excluding carboxylic acids is 2. The van der Waals surface area contributed by atoms with Crippen molar-refractivity contribution < 1.29 is 18.7 Å². The van der Waals surface area contributed by atoms with Crippen molar-refractivity contribution in [2.45, 2.75) is 13.3 Å². The molecule has 0 aliphatic carbocycles. The van der Waals surface area contributed by atoms with Gasteiger partial charge in [-0.05, 0) is 55.5 Å². The van der Waals surface area contributed by atoms with Gasteiger partial charge in [0.1, 0.15) is 11.5 Å². The number of hydrogen-bond acceptors (Lipinski definition) is 5. The highest BCUT2D eigenvalue weighted by atomic mass is 16.5. The number of rotatable bonds is 7. The fraction of sp³-hybridized carbons (Fsp3) is 0.115. The average Bonchev–Trinajstić information content (AvgIpc) is 3.20. The zero-order valence-electron chi connectivity index (χ0n) is 18.3. The van der Waals surface area contributed by atoms with Crippen molar-refractivity contribution >= 4 is 23.2 Å². The van der Waals surface area contributed by atoms with Gasteiger partial charge in [0.15, 0.2) is 0 Å². The molecule has 2 amide bonds. The first-order chi connectivity index (χ1) is 16.0. The third kappa shape index (κ3) is 5.27. The Bertz CT molecular complexity index is 1260. The predicted molar refractivity (Wildman–Crippen MR) is 126 cm³/mol. The maximum Gasteiger partial charge on any atom is 0.255 e. The molecule has 4 rings (SSSR count). The van der Waals surface area contributed by atoms with Gasteiger partial charge in [-0.15, -0.1) is 0 Å². The van der Waals surface area contributed by atoms with Gasteiger partial charge in [-0.3, -0.25) is 9.59 Å². The highest BCUT2D eigenvalue weighted by Crippen LogP contribution is 2.24. The molecular formula is C26H23N3O4. The van der Waals surface area contributed by atoms with Crippen LogP contribution in [0.5, 0.6) is 5.75 Å². The van der Waals surface area contributed by atoms with Crippen molar-refractivity contribution in [1.82, 2.24) is 4.98 Å². The van der Waals surface area contributed by atoms with Crippen LogP contribution in [0.25, 0.3) is 11.5 Å². The van der Waals surface area contributed by atoms with Crippen molar-refractivity contribution in [2.24, 2.45) is 0 Å². The Labute approximate surface area is 191 Å². The molecule has 0 spiro atoms. The number of anilines is 2. The van der Waals surface area contributed by atoms with E-state index in [1.807, 2.05) is 42.5 Å². The summed E-state index contributed by atoms with van der Waals surface area (Å²) < 4.78 is 11.0. The maximum absolute atomic E-state index is 12.5. The lowest BCUT2D eigenvalue weighted by atomic mass is 10.1. The number of aryl methyl sites for hydroxylation is 1. The molecule has 0 saturated carbocycles. The highest BCUT2D eigenvalue weighted by molar-refractivity contribution is 6.05. The second kappa shape index (κ2) is 9.82. The van der Waals surface area contributed by atoms with E-state index in [0.717, 1.165) is 5.56 Å². The fourth-order valence-corrected chi connectivity index (χ4v) is 3.30. The van der Waals surface area contributed by atoms with Crippen molar-refractivity contribution in [3.05, 3.63) is 95.9 Å². The molecule has 0 aliphatic heterocycles. The molecule has 4 aromatic rings. The van der Waals surface area contributed by atoms with Crippen LogP contribution in [0.3, 0.4) is 0 Å². The zero-order chi connectivity index (χ0) is 23.2. The van der Waals surface area contributed by atoms with Crippen LogP contribution in [-0.2, 0) is 11.2 Å². The first kappa shape index (κ1) is 21.8. The molecule has 7 nitrogen and oxygen atoms in total. The number of nitrogens with zero attached hydrogens (tertiary/aromatic N) is 1. The smallest absolute Gasteiger partial charge is 0.255 e. The summed E-state index contributed by atoms with van der Waals surface area (Å²) in [7, 11) is 1.55. The molecule has 0 saturated heterocycles. The largest absolute Gasteiger partial charge is 0.495 e. The second-order valence-corrected chi connectivity index (χ2v) is 7.34. The fourth-order valence-electron chi connectivity index (χ4n) is 3.30. The molecule has 1 aromatic heterocycles. The standard InChI is InChI=1S/C26H23N3O4/c1-17-22(29-26(33-17)19-8-4-3-5-9-19)16-24(30)27-20-14-12-18(13-15-20)25(31)28-21-10-6-7-11-23(21)32-2/h3-15H,16H2,1-2H3,(H,27,30)(H,28,31). The quantitative estimate of drug-likeness (QED) is 0.417. The van der Waals surface area contributed by atoms with Gasteiger partial charge in [-0.2, -0.15) is 0 Å². The topological polar surface area (TPSA) is 93.5 Å². The van der Waals surface area contributed by atoms with Gasteiger partial charge in [0.2, 0.25) is 11.8 Å². The molecule has 7 heteroatoms. The van der Waals surface area contributed by atoms with Gasteiger partial charge in [-0.1, -0.05) is 30.3 Å². The number of ether oxygens (including phenoxy) is 1. The Morgan fingerprint density at radius 1 is 0.909 bits per heavy atom. The van der Waals surface area contributed by atoms with Crippen molar-refractivity contribution in [1.29, 1.82) is 0 Å². The lowest BCUT2D eigenvalue weighted by molar-refractivity contribution is -0.115. The minimum atomic E-state index is -0.274. The number of oxazole rings is 1. The summed E-state index contributed by atoms with van der Waals surface area (Å²) in [4.78, 5) is 29.5. The third-order valence-corrected chi connectivity index (χ3v) is 5.03. The first-order valence-corrected chi connectivity index (χ1v) is 10.4. The van der Waals surface area contributed by atoms with Crippen LogP contribution >= 0.6 is 0 Å². The van der Waals surface area contributed by atoms with Gasteiger partial charge < -0.3 is 19.8 Å². The molecule has 33 heavy (non-hydrogen) atoms. The van der Waals surface area contributed by atoms with Crippen molar-refractivity contribution in [2.75, 3.05) is 17.7 Å². The minimum absolute atomic E-state index is 0.0816. The lowest BCUT2D eigenvalue weighted by Crippen LogP contribution is -2.16. The van der Waals surface area contributed by atoms with Crippen LogP contribution in [0.1, 0.15) is 21.8 Å². The van der Waals surface area contributed by atoms with Crippen LogP contribution in [-0.4, -0.2) is 23.9 Å². The minimum Gasteiger partial charge on any atom is -0.495 e.